The van der Waals surface area contributed by atoms with Crippen molar-refractivity contribution in [2.45, 2.75) is 33.1 Å². The van der Waals surface area contributed by atoms with E-state index in [2.05, 4.69) is 36.3 Å². The van der Waals surface area contributed by atoms with Crippen molar-refractivity contribution in [2.75, 3.05) is 11.9 Å². The van der Waals surface area contributed by atoms with Gasteiger partial charge in [0.05, 0.1) is 18.7 Å². The first-order valence-corrected chi connectivity index (χ1v) is 10.1. The maximum Gasteiger partial charge on any atom is 0.230 e. The topological polar surface area (TPSA) is 51.2 Å². The summed E-state index contributed by atoms with van der Waals surface area (Å²) < 4.78 is 5.60. The third-order valence-electron chi connectivity index (χ3n) is 4.17. The molecule has 1 N–H and O–H groups in total. The molecular weight excluding hydrogens is 356 g/mol. The monoisotopic (exact) mass is 380 g/mol. The normalized spacial score (nSPS) is 10.6. The highest BCUT2D eigenvalue weighted by atomic mass is 32.1. The molecule has 1 heterocycles. The van der Waals surface area contributed by atoms with Gasteiger partial charge in [0.15, 0.2) is 5.13 Å². The fourth-order valence-corrected chi connectivity index (χ4v) is 3.38. The van der Waals surface area contributed by atoms with E-state index in [0.717, 1.165) is 35.4 Å². The Morgan fingerprint density at radius 1 is 1.04 bits per heavy atom. The van der Waals surface area contributed by atoms with Crippen LogP contribution in [0.15, 0.2) is 53.9 Å². The van der Waals surface area contributed by atoms with Crippen LogP contribution in [0, 0.1) is 0 Å². The van der Waals surface area contributed by atoms with Crippen molar-refractivity contribution in [2.24, 2.45) is 0 Å². The van der Waals surface area contributed by atoms with Crippen molar-refractivity contribution in [3.63, 3.8) is 0 Å². The molecule has 27 heavy (non-hydrogen) atoms. The molecule has 0 unspecified atom stereocenters. The molecule has 0 atom stereocenters. The molecule has 0 saturated heterocycles. The van der Waals surface area contributed by atoms with Gasteiger partial charge >= 0.3 is 0 Å². The van der Waals surface area contributed by atoms with Crippen LogP contribution in [-0.4, -0.2) is 17.5 Å². The van der Waals surface area contributed by atoms with Gasteiger partial charge in [-0.2, -0.15) is 0 Å². The summed E-state index contributed by atoms with van der Waals surface area (Å²) >= 11 is 1.43. The van der Waals surface area contributed by atoms with Crippen LogP contribution in [0.5, 0.6) is 5.75 Å². The lowest BCUT2D eigenvalue weighted by molar-refractivity contribution is -0.115. The molecule has 0 aliphatic carbocycles. The Bertz CT molecular complexity index is 870. The van der Waals surface area contributed by atoms with Crippen LogP contribution >= 0.6 is 11.3 Å². The summed E-state index contributed by atoms with van der Waals surface area (Å²) in [5, 5.41) is 5.46. The number of benzene rings is 2. The molecule has 5 heteroatoms. The number of nitrogens with one attached hydrogen (secondary N) is 1. The SMILES string of the molecule is CCCOc1ccc(-c2csc(NC(=O)Cc3ccc(CC)cc3)n2)cc1. The number of carbonyl (C=O) groups excluding carboxylic acids is 1. The first kappa shape index (κ1) is 19.1. The number of carbonyl (C=O) groups is 1. The van der Waals surface area contributed by atoms with Crippen molar-refractivity contribution < 1.29 is 9.53 Å². The first-order valence-electron chi connectivity index (χ1n) is 9.24. The molecule has 0 saturated carbocycles. The number of aromatic nitrogens is 1. The first-order chi connectivity index (χ1) is 13.2. The molecular formula is C22H24N2O2S. The van der Waals surface area contributed by atoms with E-state index in [1.807, 2.05) is 41.8 Å². The molecule has 1 amide bonds. The summed E-state index contributed by atoms with van der Waals surface area (Å²) in [4.78, 5) is 16.8. The maximum absolute atomic E-state index is 12.3. The Morgan fingerprint density at radius 2 is 1.74 bits per heavy atom. The van der Waals surface area contributed by atoms with Crippen LogP contribution in [0.4, 0.5) is 5.13 Å². The van der Waals surface area contributed by atoms with Crippen LogP contribution in [0.3, 0.4) is 0 Å². The van der Waals surface area contributed by atoms with E-state index in [4.69, 9.17) is 4.74 Å². The Labute approximate surface area is 164 Å². The van der Waals surface area contributed by atoms with Crippen molar-refractivity contribution >= 4 is 22.4 Å². The molecule has 3 rings (SSSR count). The predicted molar refractivity (Wildman–Crippen MR) is 111 cm³/mol. The van der Waals surface area contributed by atoms with E-state index in [1.54, 1.807) is 0 Å². The van der Waals surface area contributed by atoms with E-state index in [-0.39, 0.29) is 5.91 Å². The number of hydrogen-bond acceptors (Lipinski definition) is 4. The molecule has 0 aliphatic rings. The molecule has 140 valence electrons. The van der Waals surface area contributed by atoms with Crippen LogP contribution in [0.1, 0.15) is 31.4 Å². The molecule has 0 aliphatic heterocycles. The maximum atomic E-state index is 12.3. The van der Waals surface area contributed by atoms with Gasteiger partial charge in [-0.3, -0.25) is 4.79 Å². The van der Waals surface area contributed by atoms with Gasteiger partial charge < -0.3 is 10.1 Å². The van der Waals surface area contributed by atoms with Gasteiger partial charge in [-0.05, 0) is 48.2 Å². The van der Waals surface area contributed by atoms with Gasteiger partial charge in [-0.1, -0.05) is 38.1 Å². The van der Waals surface area contributed by atoms with Crippen LogP contribution in [-0.2, 0) is 17.6 Å². The molecule has 0 radical (unpaired) electrons. The molecule has 0 bridgehead atoms. The zero-order chi connectivity index (χ0) is 19.1. The number of anilines is 1. The highest BCUT2D eigenvalue weighted by molar-refractivity contribution is 7.14. The number of amides is 1. The van der Waals surface area contributed by atoms with Gasteiger partial charge in [0, 0.05) is 10.9 Å². The number of rotatable bonds is 8. The Morgan fingerprint density at radius 3 is 2.41 bits per heavy atom. The van der Waals surface area contributed by atoms with E-state index in [1.165, 1.54) is 16.9 Å². The summed E-state index contributed by atoms with van der Waals surface area (Å²) in [5.41, 5.74) is 4.13. The van der Waals surface area contributed by atoms with Gasteiger partial charge in [0.2, 0.25) is 5.91 Å². The van der Waals surface area contributed by atoms with Crippen LogP contribution in [0.25, 0.3) is 11.3 Å². The highest BCUT2D eigenvalue weighted by Crippen LogP contribution is 2.26. The second-order valence-corrected chi connectivity index (χ2v) is 7.16. The lowest BCUT2D eigenvalue weighted by Crippen LogP contribution is -2.14. The average Bonchev–Trinajstić information content (AvgIpc) is 3.15. The second-order valence-electron chi connectivity index (χ2n) is 6.31. The van der Waals surface area contributed by atoms with E-state index in [0.29, 0.717) is 18.2 Å². The molecule has 0 spiro atoms. The Kier molecular flexibility index (Phi) is 6.60. The van der Waals surface area contributed by atoms with E-state index in [9.17, 15) is 4.79 Å². The third kappa shape index (κ3) is 5.41. The average molecular weight is 381 g/mol. The van der Waals surface area contributed by atoms with Crippen molar-refractivity contribution in [1.29, 1.82) is 0 Å². The molecule has 2 aromatic carbocycles. The minimum atomic E-state index is -0.0523. The van der Waals surface area contributed by atoms with Gasteiger partial charge in [0.25, 0.3) is 0 Å². The van der Waals surface area contributed by atoms with Gasteiger partial charge in [-0.25, -0.2) is 4.98 Å². The number of hydrogen-bond donors (Lipinski definition) is 1. The summed E-state index contributed by atoms with van der Waals surface area (Å²) in [7, 11) is 0. The molecule has 0 fully saturated rings. The molecule has 4 nitrogen and oxygen atoms in total. The zero-order valence-electron chi connectivity index (χ0n) is 15.7. The number of thiazole rings is 1. The summed E-state index contributed by atoms with van der Waals surface area (Å²) in [6.07, 6.45) is 2.34. The van der Waals surface area contributed by atoms with Crippen molar-refractivity contribution in [3.8, 4) is 17.0 Å². The predicted octanol–water partition coefficient (Wildman–Crippen LogP) is 5.34. The van der Waals surface area contributed by atoms with Crippen LogP contribution < -0.4 is 10.1 Å². The zero-order valence-corrected chi connectivity index (χ0v) is 16.5. The minimum absolute atomic E-state index is 0.0523. The van der Waals surface area contributed by atoms with Crippen molar-refractivity contribution in [1.82, 2.24) is 4.98 Å². The second kappa shape index (κ2) is 9.33. The summed E-state index contributed by atoms with van der Waals surface area (Å²) in [5.74, 6) is 0.807. The Balaban J connectivity index is 1.58. The quantitative estimate of drug-likeness (QED) is 0.574. The fraction of sp³-hybridized carbons (Fsp3) is 0.273. The van der Waals surface area contributed by atoms with Crippen molar-refractivity contribution in [3.05, 3.63) is 65.0 Å². The Hall–Kier alpha value is -2.66. The van der Waals surface area contributed by atoms with E-state index < -0.39 is 0 Å². The number of ether oxygens (including phenoxy) is 1. The summed E-state index contributed by atoms with van der Waals surface area (Å²) in [6.45, 7) is 4.92. The number of nitrogens with zero attached hydrogens (tertiary/aromatic N) is 1. The molecule has 3 aromatic rings. The lowest BCUT2D eigenvalue weighted by atomic mass is 10.1. The number of aryl methyl sites for hydroxylation is 1. The largest absolute Gasteiger partial charge is 0.494 e. The summed E-state index contributed by atoms with van der Waals surface area (Å²) in [6, 6.07) is 16.0. The fourth-order valence-electron chi connectivity index (χ4n) is 2.65. The van der Waals surface area contributed by atoms with Gasteiger partial charge in [-0.15, -0.1) is 11.3 Å². The molecule has 1 aromatic heterocycles. The standard InChI is InChI=1S/C22H24N2O2S/c1-3-13-26-19-11-9-18(10-12-19)20-15-27-22(23-20)24-21(25)14-17-7-5-16(4-2)6-8-17/h5-12,15H,3-4,13-14H2,1-2H3,(H,23,24,25). The van der Waals surface area contributed by atoms with E-state index >= 15 is 0 Å². The highest BCUT2D eigenvalue weighted by Gasteiger charge is 2.09. The smallest absolute Gasteiger partial charge is 0.230 e. The minimum Gasteiger partial charge on any atom is -0.494 e. The van der Waals surface area contributed by atoms with Crippen LogP contribution in [0.2, 0.25) is 0 Å². The lowest BCUT2D eigenvalue weighted by Gasteiger charge is -2.05. The third-order valence-corrected chi connectivity index (χ3v) is 4.93. The van der Waals surface area contributed by atoms with Gasteiger partial charge in [0.1, 0.15) is 5.75 Å².